The minimum Gasteiger partial charge on any atom is -0.310 e. The predicted molar refractivity (Wildman–Crippen MR) is 142 cm³/mol. The van der Waals surface area contributed by atoms with Gasteiger partial charge >= 0.3 is 0 Å². The first-order chi connectivity index (χ1) is 16.6. The third-order valence-electron chi connectivity index (χ3n) is 6.59. The molecule has 0 aliphatic heterocycles. The Morgan fingerprint density at radius 2 is 1.32 bits per heavy atom. The van der Waals surface area contributed by atoms with Crippen molar-refractivity contribution in [3.8, 4) is 0 Å². The van der Waals surface area contributed by atoms with E-state index in [9.17, 15) is 0 Å². The van der Waals surface area contributed by atoms with Gasteiger partial charge in [-0.2, -0.15) is 4.57 Å². The second kappa shape index (κ2) is 7.96. The van der Waals surface area contributed by atoms with Crippen molar-refractivity contribution in [2.45, 2.75) is 13.8 Å². The molecule has 0 spiro atoms. The van der Waals surface area contributed by atoms with Crippen molar-refractivity contribution in [3.05, 3.63) is 115 Å². The van der Waals surface area contributed by atoms with Gasteiger partial charge in [0.15, 0.2) is 6.20 Å². The molecule has 0 radical (unpaired) electrons. The number of hydrogen-bond acceptors (Lipinski definition) is 2. The van der Waals surface area contributed by atoms with E-state index in [0.717, 1.165) is 28.3 Å². The minimum atomic E-state index is 1.02. The summed E-state index contributed by atoms with van der Waals surface area (Å²) in [5.41, 5.74) is 7.91. The Balaban J connectivity index is 1.72. The topological polar surface area (TPSA) is 20.0 Å². The molecule has 0 saturated carbocycles. The number of rotatable bonds is 3. The Morgan fingerprint density at radius 3 is 2.00 bits per heavy atom. The monoisotopic (exact) mass is 440 g/mol. The van der Waals surface area contributed by atoms with E-state index in [1.807, 2.05) is 0 Å². The van der Waals surface area contributed by atoms with Crippen LogP contribution in [0.15, 0.2) is 103 Å². The van der Waals surface area contributed by atoms with Crippen LogP contribution < -0.4 is 9.47 Å². The normalized spacial score (nSPS) is 11.4. The van der Waals surface area contributed by atoms with Crippen LogP contribution in [-0.4, -0.2) is 4.98 Å². The summed E-state index contributed by atoms with van der Waals surface area (Å²) in [6, 6.07) is 34.5. The fourth-order valence-corrected chi connectivity index (χ4v) is 5.16. The molecule has 0 bridgehead atoms. The van der Waals surface area contributed by atoms with Crippen molar-refractivity contribution in [2.24, 2.45) is 7.05 Å². The Labute approximate surface area is 199 Å². The van der Waals surface area contributed by atoms with Crippen LogP contribution in [0, 0.1) is 13.8 Å². The maximum absolute atomic E-state index is 5.01. The highest BCUT2D eigenvalue weighted by Gasteiger charge is 2.20. The molecule has 1 aromatic heterocycles. The lowest BCUT2D eigenvalue weighted by molar-refractivity contribution is -0.644. The number of aryl methyl sites for hydroxylation is 3. The fourth-order valence-electron chi connectivity index (χ4n) is 5.16. The zero-order valence-corrected chi connectivity index (χ0v) is 19.7. The smallest absolute Gasteiger partial charge is 0.239 e. The van der Waals surface area contributed by atoms with Crippen LogP contribution in [0.1, 0.15) is 11.3 Å². The summed E-state index contributed by atoms with van der Waals surface area (Å²) in [6.07, 6.45) is 2.11. The van der Waals surface area contributed by atoms with Gasteiger partial charge in [0, 0.05) is 22.4 Å². The van der Waals surface area contributed by atoms with E-state index in [1.54, 1.807) is 0 Å². The predicted octanol–water partition coefficient (Wildman–Crippen LogP) is 7.45. The van der Waals surface area contributed by atoms with Gasteiger partial charge in [0.2, 0.25) is 5.52 Å². The first-order valence-corrected chi connectivity index (χ1v) is 11.6. The third kappa shape index (κ3) is 3.20. The van der Waals surface area contributed by atoms with Crippen molar-refractivity contribution in [3.63, 3.8) is 0 Å². The van der Waals surface area contributed by atoms with Crippen LogP contribution in [0.3, 0.4) is 0 Å². The Kier molecular flexibility index (Phi) is 4.77. The molecule has 0 unspecified atom stereocenters. The summed E-state index contributed by atoms with van der Waals surface area (Å²) < 4.78 is 2.22. The quantitative estimate of drug-likeness (QED) is 0.210. The molecule has 1 heterocycles. The van der Waals surface area contributed by atoms with Gasteiger partial charge in [0.05, 0.1) is 5.39 Å². The molecule has 0 fully saturated rings. The lowest BCUT2D eigenvalue weighted by Crippen LogP contribution is -2.30. The molecule has 6 rings (SSSR count). The van der Waals surface area contributed by atoms with E-state index in [4.69, 9.17) is 4.98 Å². The zero-order chi connectivity index (χ0) is 23.2. The minimum absolute atomic E-state index is 1.02. The molecule has 0 aliphatic carbocycles. The van der Waals surface area contributed by atoms with Gasteiger partial charge < -0.3 is 4.90 Å². The number of anilines is 3. The number of aromatic nitrogens is 2. The maximum Gasteiger partial charge on any atom is 0.239 e. The van der Waals surface area contributed by atoms with Gasteiger partial charge in [-0.1, -0.05) is 54.6 Å². The summed E-state index contributed by atoms with van der Waals surface area (Å²) in [5.74, 6) is 0. The van der Waals surface area contributed by atoms with Crippen molar-refractivity contribution in [1.29, 1.82) is 0 Å². The van der Waals surface area contributed by atoms with Crippen molar-refractivity contribution in [1.82, 2.24) is 4.98 Å². The van der Waals surface area contributed by atoms with E-state index < -0.39 is 0 Å². The molecule has 6 aromatic rings. The molecule has 3 nitrogen and oxygen atoms in total. The summed E-state index contributed by atoms with van der Waals surface area (Å²) in [4.78, 5) is 7.33. The number of hydrogen-bond donors (Lipinski definition) is 0. The van der Waals surface area contributed by atoms with E-state index in [0.29, 0.717) is 0 Å². The van der Waals surface area contributed by atoms with E-state index >= 15 is 0 Å². The first-order valence-electron chi connectivity index (χ1n) is 11.6. The van der Waals surface area contributed by atoms with Gasteiger partial charge in [-0.15, -0.1) is 0 Å². The molecular weight excluding hydrogens is 414 g/mol. The SMILES string of the molecule is Cc1c[n+](C)c2c(n1)c1ccc(N(c3ccccc3)c3ccccc3)cc1c1cccc(C)c12. The van der Waals surface area contributed by atoms with E-state index in [1.165, 1.54) is 32.6 Å². The van der Waals surface area contributed by atoms with Crippen molar-refractivity contribution in [2.75, 3.05) is 4.90 Å². The summed E-state index contributed by atoms with van der Waals surface area (Å²) in [7, 11) is 2.12. The molecule has 0 saturated heterocycles. The maximum atomic E-state index is 5.01. The molecule has 5 aromatic carbocycles. The van der Waals surface area contributed by atoms with Gasteiger partial charge in [-0.25, -0.2) is 4.98 Å². The number of benzene rings is 5. The van der Waals surface area contributed by atoms with Crippen LogP contribution >= 0.6 is 0 Å². The van der Waals surface area contributed by atoms with Gasteiger partial charge in [0.1, 0.15) is 18.3 Å². The Hall–Kier alpha value is -4.24. The Morgan fingerprint density at radius 1 is 0.647 bits per heavy atom. The van der Waals surface area contributed by atoms with E-state index in [2.05, 4.69) is 134 Å². The molecule has 3 heteroatoms. The van der Waals surface area contributed by atoms with Gasteiger partial charge in [-0.3, -0.25) is 0 Å². The number of para-hydroxylation sites is 2. The average molecular weight is 441 g/mol. The lowest BCUT2D eigenvalue weighted by Gasteiger charge is -2.26. The highest BCUT2D eigenvalue weighted by atomic mass is 15.1. The Bertz CT molecular complexity index is 1630. The molecule has 34 heavy (non-hydrogen) atoms. The van der Waals surface area contributed by atoms with Gasteiger partial charge in [0.25, 0.3) is 0 Å². The van der Waals surface area contributed by atoms with Crippen LogP contribution in [0.25, 0.3) is 32.6 Å². The lowest BCUT2D eigenvalue weighted by atomic mass is 9.95. The van der Waals surface area contributed by atoms with Crippen molar-refractivity contribution >= 4 is 49.6 Å². The largest absolute Gasteiger partial charge is 0.310 e. The molecule has 0 N–H and O–H groups in total. The third-order valence-corrected chi connectivity index (χ3v) is 6.59. The first kappa shape index (κ1) is 20.4. The standard InChI is InChI=1S/C31H26N3/c1-21-11-10-16-26-28-19-25(34(23-12-6-4-7-13-23)24-14-8-5-9-15-24)17-18-27(28)30-31(29(21)26)33(3)20-22(2)32-30/h4-20H,1-3H3/q+1. The fraction of sp³-hybridized carbons (Fsp3) is 0.0968. The average Bonchev–Trinajstić information content (AvgIpc) is 2.85. The molecule has 0 atom stereocenters. The van der Waals surface area contributed by atoms with Crippen LogP contribution in [0.5, 0.6) is 0 Å². The zero-order valence-electron chi connectivity index (χ0n) is 19.7. The van der Waals surface area contributed by atoms with Crippen LogP contribution in [-0.2, 0) is 7.05 Å². The molecule has 0 aliphatic rings. The summed E-state index contributed by atoms with van der Waals surface area (Å²) in [6.45, 7) is 4.26. The number of nitrogens with zero attached hydrogens (tertiary/aromatic N) is 3. The van der Waals surface area contributed by atoms with Crippen LogP contribution in [0.4, 0.5) is 17.1 Å². The van der Waals surface area contributed by atoms with Crippen molar-refractivity contribution < 1.29 is 4.57 Å². The second-order valence-electron chi connectivity index (χ2n) is 8.92. The van der Waals surface area contributed by atoms with Gasteiger partial charge in [-0.05, 0) is 72.6 Å². The van der Waals surface area contributed by atoms with Crippen LogP contribution in [0.2, 0.25) is 0 Å². The highest BCUT2D eigenvalue weighted by molar-refractivity contribution is 6.23. The molecule has 164 valence electrons. The molecule has 0 amide bonds. The highest BCUT2D eigenvalue weighted by Crippen LogP contribution is 2.40. The van der Waals surface area contributed by atoms with E-state index in [-0.39, 0.29) is 0 Å². The molecular formula is C31H26N3+. The summed E-state index contributed by atoms with van der Waals surface area (Å²) >= 11 is 0. The summed E-state index contributed by atoms with van der Waals surface area (Å²) in [5, 5.41) is 4.92. The second-order valence-corrected chi connectivity index (χ2v) is 8.92. The number of fused-ring (bicyclic) bond motifs is 6.